The molecule has 0 amide bonds. The molecule has 0 saturated heterocycles. The Morgan fingerprint density at radius 1 is 1.05 bits per heavy atom. The molecule has 0 saturated carbocycles. The molecule has 112 valence electrons. The van der Waals surface area contributed by atoms with Gasteiger partial charge >= 0.3 is 0 Å². The van der Waals surface area contributed by atoms with E-state index in [1.54, 1.807) is 0 Å². The number of hydrogen-bond acceptors (Lipinski definition) is 2. The molecule has 2 N–H and O–H groups in total. The molecule has 0 aliphatic heterocycles. The van der Waals surface area contributed by atoms with Crippen LogP contribution in [0.25, 0.3) is 0 Å². The van der Waals surface area contributed by atoms with Crippen molar-refractivity contribution in [2.75, 3.05) is 6.54 Å². The van der Waals surface area contributed by atoms with E-state index in [2.05, 4.69) is 83.2 Å². The lowest BCUT2D eigenvalue weighted by molar-refractivity contribution is 0.176. The summed E-state index contributed by atoms with van der Waals surface area (Å²) in [4.78, 5) is 2.43. The van der Waals surface area contributed by atoms with Crippen molar-refractivity contribution in [1.82, 2.24) is 4.90 Å². The minimum atomic E-state index is 0.0624. The molecule has 0 aromatic heterocycles. The van der Waals surface area contributed by atoms with Gasteiger partial charge in [0.25, 0.3) is 0 Å². The van der Waals surface area contributed by atoms with Crippen LogP contribution in [0.15, 0.2) is 59.1 Å². The topological polar surface area (TPSA) is 29.3 Å². The summed E-state index contributed by atoms with van der Waals surface area (Å²) in [6.07, 6.45) is 0. The van der Waals surface area contributed by atoms with Gasteiger partial charge in [-0.3, -0.25) is 4.90 Å². The van der Waals surface area contributed by atoms with Gasteiger partial charge in [-0.25, -0.2) is 0 Å². The van der Waals surface area contributed by atoms with Crippen molar-refractivity contribution in [1.29, 1.82) is 0 Å². The first-order valence-corrected chi connectivity index (χ1v) is 8.20. The summed E-state index contributed by atoms with van der Waals surface area (Å²) in [6, 6.07) is 19.2. The molecule has 21 heavy (non-hydrogen) atoms. The maximum Gasteiger partial charge on any atom is 0.0511 e. The smallest absolute Gasteiger partial charge is 0.0511 e. The molecular weight excluding hydrogens is 324 g/mol. The van der Waals surface area contributed by atoms with Gasteiger partial charge in [0.2, 0.25) is 0 Å². The number of halogens is 1. The zero-order chi connectivity index (χ0) is 15.2. The lowest BCUT2D eigenvalue weighted by Gasteiger charge is -2.34. The first-order valence-electron chi connectivity index (χ1n) is 7.41. The van der Waals surface area contributed by atoms with E-state index in [-0.39, 0.29) is 12.1 Å². The molecule has 2 aromatic carbocycles. The van der Waals surface area contributed by atoms with Gasteiger partial charge in [-0.15, -0.1) is 0 Å². The average molecular weight is 347 g/mol. The first kappa shape index (κ1) is 16.2. The lowest BCUT2D eigenvalue weighted by Crippen LogP contribution is -2.39. The van der Waals surface area contributed by atoms with Crippen LogP contribution < -0.4 is 5.73 Å². The summed E-state index contributed by atoms with van der Waals surface area (Å²) in [7, 11) is 0. The van der Waals surface area contributed by atoms with Gasteiger partial charge in [0.05, 0.1) is 6.04 Å². The largest absolute Gasteiger partial charge is 0.326 e. The summed E-state index contributed by atoms with van der Waals surface area (Å²) < 4.78 is 1.12. The second-order valence-corrected chi connectivity index (χ2v) is 6.23. The Morgan fingerprint density at radius 2 is 1.67 bits per heavy atom. The highest BCUT2D eigenvalue weighted by Crippen LogP contribution is 2.30. The van der Waals surface area contributed by atoms with Gasteiger partial charge in [0.1, 0.15) is 0 Å². The van der Waals surface area contributed by atoms with Gasteiger partial charge in [-0.05, 0) is 30.7 Å². The lowest BCUT2D eigenvalue weighted by atomic mass is 9.98. The van der Waals surface area contributed by atoms with Crippen molar-refractivity contribution in [2.45, 2.75) is 32.5 Å². The molecule has 2 aromatic rings. The highest BCUT2D eigenvalue weighted by molar-refractivity contribution is 9.10. The Hall–Kier alpha value is -1.16. The van der Waals surface area contributed by atoms with Crippen LogP contribution >= 0.6 is 15.9 Å². The summed E-state index contributed by atoms with van der Waals surface area (Å²) in [5.41, 5.74) is 8.88. The summed E-state index contributed by atoms with van der Waals surface area (Å²) >= 11 is 3.67. The number of hydrogen-bond donors (Lipinski definition) is 1. The van der Waals surface area contributed by atoms with Crippen LogP contribution in [0.2, 0.25) is 0 Å². The van der Waals surface area contributed by atoms with Crippen molar-refractivity contribution in [3.8, 4) is 0 Å². The van der Waals surface area contributed by atoms with E-state index in [0.29, 0.717) is 0 Å². The van der Waals surface area contributed by atoms with Crippen LogP contribution in [0.1, 0.15) is 31.0 Å². The zero-order valence-electron chi connectivity index (χ0n) is 12.7. The van der Waals surface area contributed by atoms with Crippen molar-refractivity contribution in [2.24, 2.45) is 5.73 Å². The van der Waals surface area contributed by atoms with E-state index in [1.807, 2.05) is 6.07 Å². The fraction of sp³-hybridized carbons (Fsp3) is 0.333. The molecule has 0 heterocycles. The standard InChI is InChI=1S/C18H23BrN2/c1-3-21(13-15-9-5-4-6-10-15)18(14(2)20)16-11-7-8-12-17(16)19/h4-12,14,18H,3,13,20H2,1-2H3. The van der Waals surface area contributed by atoms with Gasteiger partial charge in [-0.1, -0.05) is 71.4 Å². The molecule has 0 fully saturated rings. The highest BCUT2D eigenvalue weighted by Gasteiger charge is 2.24. The third-order valence-electron chi connectivity index (χ3n) is 3.75. The molecule has 2 unspecified atom stereocenters. The number of likely N-dealkylation sites (N-methyl/N-ethyl adjacent to an activating group) is 1. The summed E-state index contributed by atoms with van der Waals surface area (Å²) in [5.74, 6) is 0. The van der Waals surface area contributed by atoms with Crippen molar-refractivity contribution in [3.05, 3.63) is 70.2 Å². The van der Waals surface area contributed by atoms with Crippen LogP contribution in [0.3, 0.4) is 0 Å². The number of rotatable bonds is 6. The minimum Gasteiger partial charge on any atom is -0.326 e. The van der Waals surface area contributed by atoms with Crippen molar-refractivity contribution in [3.63, 3.8) is 0 Å². The minimum absolute atomic E-state index is 0.0624. The van der Waals surface area contributed by atoms with E-state index >= 15 is 0 Å². The Labute approximate surface area is 136 Å². The Kier molecular flexibility index (Phi) is 5.97. The molecule has 0 bridgehead atoms. The van der Waals surface area contributed by atoms with E-state index in [0.717, 1.165) is 17.6 Å². The van der Waals surface area contributed by atoms with Crippen LogP contribution in [-0.4, -0.2) is 17.5 Å². The molecule has 0 aliphatic rings. The molecular formula is C18H23BrN2. The van der Waals surface area contributed by atoms with E-state index in [1.165, 1.54) is 11.1 Å². The van der Waals surface area contributed by atoms with Crippen molar-refractivity contribution < 1.29 is 0 Å². The fourth-order valence-corrected chi connectivity index (χ4v) is 3.27. The summed E-state index contributed by atoms with van der Waals surface area (Å²) in [6.45, 7) is 6.14. The Balaban J connectivity index is 2.29. The zero-order valence-corrected chi connectivity index (χ0v) is 14.3. The molecule has 3 heteroatoms. The van der Waals surface area contributed by atoms with Crippen LogP contribution in [-0.2, 0) is 6.54 Å². The van der Waals surface area contributed by atoms with Gasteiger partial charge in [0.15, 0.2) is 0 Å². The average Bonchev–Trinajstić information content (AvgIpc) is 2.49. The quantitative estimate of drug-likeness (QED) is 0.841. The van der Waals surface area contributed by atoms with Crippen LogP contribution in [0.4, 0.5) is 0 Å². The predicted octanol–water partition coefficient (Wildman–Crippen LogP) is 4.36. The number of nitrogens with zero attached hydrogens (tertiary/aromatic N) is 1. The third kappa shape index (κ3) is 4.16. The second-order valence-electron chi connectivity index (χ2n) is 5.37. The SMILES string of the molecule is CCN(Cc1ccccc1)C(c1ccccc1Br)C(C)N. The molecule has 0 spiro atoms. The summed E-state index contributed by atoms with van der Waals surface area (Å²) in [5, 5.41) is 0. The number of nitrogens with two attached hydrogens (primary N) is 1. The van der Waals surface area contributed by atoms with Gasteiger partial charge in [-0.2, -0.15) is 0 Å². The van der Waals surface area contributed by atoms with E-state index in [4.69, 9.17) is 5.73 Å². The highest BCUT2D eigenvalue weighted by atomic mass is 79.9. The van der Waals surface area contributed by atoms with Crippen LogP contribution in [0, 0.1) is 0 Å². The third-order valence-corrected chi connectivity index (χ3v) is 4.47. The van der Waals surface area contributed by atoms with Gasteiger partial charge in [0, 0.05) is 17.1 Å². The Bertz CT molecular complexity index is 554. The predicted molar refractivity (Wildman–Crippen MR) is 93.1 cm³/mol. The maximum absolute atomic E-state index is 6.31. The normalized spacial score (nSPS) is 14.1. The molecule has 0 radical (unpaired) electrons. The molecule has 2 atom stereocenters. The Morgan fingerprint density at radius 3 is 2.24 bits per heavy atom. The van der Waals surface area contributed by atoms with E-state index < -0.39 is 0 Å². The monoisotopic (exact) mass is 346 g/mol. The molecule has 2 nitrogen and oxygen atoms in total. The molecule has 2 rings (SSSR count). The van der Waals surface area contributed by atoms with Gasteiger partial charge < -0.3 is 5.73 Å². The van der Waals surface area contributed by atoms with E-state index in [9.17, 15) is 0 Å². The maximum atomic E-state index is 6.31. The van der Waals surface area contributed by atoms with Crippen LogP contribution in [0.5, 0.6) is 0 Å². The molecule has 0 aliphatic carbocycles. The number of benzene rings is 2. The second kappa shape index (κ2) is 7.74. The first-order chi connectivity index (χ1) is 10.1. The van der Waals surface area contributed by atoms with Crippen molar-refractivity contribution >= 4 is 15.9 Å². The fourth-order valence-electron chi connectivity index (χ4n) is 2.75.